The van der Waals surface area contributed by atoms with E-state index in [1.807, 2.05) is 51.1 Å². The Balaban J connectivity index is 1.33. The van der Waals surface area contributed by atoms with Crippen molar-refractivity contribution in [2.45, 2.75) is 52.1 Å². The Morgan fingerprint density at radius 1 is 0.971 bits per heavy atom. The number of benzene rings is 1. The molecule has 0 aliphatic heterocycles. The van der Waals surface area contributed by atoms with Gasteiger partial charge in [-0.2, -0.15) is 0 Å². The lowest BCUT2D eigenvalue weighted by Gasteiger charge is -2.29. The third kappa shape index (κ3) is 6.74. The third-order valence-electron chi connectivity index (χ3n) is 6.27. The van der Waals surface area contributed by atoms with Gasteiger partial charge in [-0.3, -0.25) is 4.79 Å². The molecule has 0 radical (unpaired) electrons. The molecule has 0 unspecified atom stereocenters. The predicted molar refractivity (Wildman–Crippen MR) is 135 cm³/mol. The highest BCUT2D eigenvalue weighted by molar-refractivity contribution is 6.07. The summed E-state index contributed by atoms with van der Waals surface area (Å²) in [6.45, 7) is 6.83. The van der Waals surface area contributed by atoms with Crippen molar-refractivity contribution in [3.05, 3.63) is 54.6 Å². The highest BCUT2D eigenvalue weighted by Crippen LogP contribution is 2.29. The van der Waals surface area contributed by atoms with E-state index >= 15 is 0 Å². The molecule has 0 saturated heterocycles. The van der Waals surface area contributed by atoms with Crippen molar-refractivity contribution in [1.29, 1.82) is 0 Å². The van der Waals surface area contributed by atoms with Crippen molar-refractivity contribution < 1.29 is 14.3 Å². The molecule has 2 amide bonds. The molecule has 1 saturated carbocycles. The fraction of sp³-hybridized carbons (Fsp3) is 0.444. The van der Waals surface area contributed by atoms with Gasteiger partial charge in [0.25, 0.3) is 5.91 Å². The quantitative estimate of drug-likeness (QED) is 0.533. The van der Waals surface area contributed by atoms with Gasteiger partial charge in [0.05, 0.1) is 16.8 Å². The van der Waals surface area contributed by atoms with Gasteiger partial charge in [-0.15, -0.1) is 0 Å². The lowest BCUT2D eigenvalue weighted by atomic mass is 9.82. The van der Waals surface area contributed by atoms with E-state index in [0.717, 1.165) is 42.1 Å². The van der Waals surface area contributed by atoms with Crippen LogP contribution in [0.25, 0.3) is 22.2 Å². The number of nitrogens with zero attached hydrogens (tertiary/aromatic N) is 3. The summed E-state index contributed by atoms with van der Waals surface area (Å²) in [6, 6.07) is 9.48. The summed E-state index contributed by atoms with van der Waals surface area (Å²) in [4.78, 5) is 38.0. The smallest absolute Gasteiger partial charge is 0.407 e. The number of ether oxygens (including phenoxy) is 1. The minimum Gasteiger partial charge on any atom is -0.444 e. The van der Waals surface area contributed by atoms with Crippen molar-refractivity contribution in [2.75, 3.05) is 13.1 Å². The molecule has 8 nitrogen and oxygen atoms in total. The highest BCUT2D eigenvalue weighted by Gasteiger charge is 2.24. The molecule has 4 rings (SSSR count). The van der Waals surface area contributed by atoms with E-state index < -0.39 is 5.60 Å². The van der Waals surface area contributed by atoms with Gasteiger partial charge in [0.1, 0.15) is 11.9 Å². The Hall–Kier alpha value is -3.55. The zero-order chi connectivity index (χ0) is 24.8. The van der Waals surface area contributed by atoms with Crippen LogP contribution in [0.5, 0.6) is 0 Å². The number of aromatic nitrogens is 3. The molecule has 1 aliphatic carbocycles. The fourth-order valence-corrected chi connectivity index (χ4v) is 4.46. The fourth-order valence-electron chi connectivity index (χ4n) is 4.46. The number of nitrogens with one attached hydrogen (secondary N) is 2. The van der Waals surface area contributed by atoms with Crippen molar-refractivity contribution in [3.8, 4) is 11.3 Å². The van der Waals surface area contributed by atoms with E-state index in [2.05, 4.69) is 20.6 Å². The van der Waals surface area contributed by atoms with E-state index in [1.165, 1.54) is 6.33 Å². The zero-order valence-corrected chi connectivity index (χ0v) is 20.6. The monoisotopic (exact) mass is 475 g/mol. The van der Waals surface area contributed by atoms with Crippen LogP contribution < -0.4 is 10.6 Å². The number of carbonyl (C=O) groups excluding carboxylic acids is 2. The van der Waals surface area contributed by atoms with Crippen molar-refractivity contribution in [3.63, 3.8) is 0 Å². The Kier molecular flexibility index (Phi) is 7.58. The van der Waals surface area contributed by atoms with Gasteiger partial charge in [0.2, 0.25) is 0 Å². The van der Waals surface area contributed by atoms with Gasteiger partial charge in [0, 0.05) is 36.4 Å². The van der Waals surface area contributed by atoms with Crippen LogP contribution in [0.1, 0.15) is 56.8 Å². The molecule has 0 spiro atoms. The van der Waals surface area contributed by atoms with Crippen LogP contribution in [-0.4, -0.2) is 45.6 Å². The van der Waals surface area contributed by atoms with E-state index in [1.54, 1.807) is 12.4 Å². The molecule has 2 heterocycles. The average Bonchev–Trinajstić information content (AvgIpc) is 2.85. The summed E-state index contributed by atoms with van der Waals surface area (Å²) < 4.78 is 5.32. The zero-order valence-electron chi connectivity index (χ0n) is 20.6. The Bertz CT molecular complexity index is 1170. The normalized spacial score (nSPS) is 18.1. The molecule has 0 atom stereocenters. The maximum Gasteiger partial charge on any atom is 0.407 e. The maximum atomic E-state index is 13.2. The number of rotatable bonds is 6. The molecule has 35 heavy (non-hydrogen) atoms. The highest BCUT2D eigenvalue weighted by atomic mass is 16.6. The molecule has 2 aromatic heterocycles. The molecule has 1 aliphatic rings. The van der Waals surface area contributed by atoms with Crippen LogP contribution in [-0.2, 0) is 4.74 Å². The number of pyridine rings is 1. The molecule has 2 N–H and O–H groups in total. The maximum absolute atomic E-state index is 13.2. The van der Waals surface area contributed by atoms with E-state index in [9.17, 15) is 9.59 Å². The van der Waals surface area contributed by atoms with Crippen LogP contribution in [0.4, 0.5) is 4.79 Å². The van der Waals surface area contributed by atoms with Crippen molar-refractivity contribution in [1.82, 2.24) is 25.6 Å². The third-order valence-corrected chi connectivity index (χ3v) is 6.27. The number of fused-ring (bicyclic) bond motifs is 1. The van der Waals surface area contributed by atoms with Crippen LogP contribution in [0.2, 0.25) is 0 Å². The molecule has 3 aromatic rings. The number of hydrogen-bond acceptors (Lipinski definition) is 6. The summed E-state index contributed by atoms with van der Waals surface area (Å²) >= 11 is 0. The number of alkyl carbamates (subject to hydrolysis) is 1. The molecule has 1 aromatic carbocycles. The molecule has 8 heteroatoms. The summed E-state index contributed by atoms with van der Waals surface area (Å²) in [5.74, 6) is 0.761. The average molecular weight is 476 g/mol. The lowest BCUT2D eigenvalue weighted by Crippen LogP contribution is -2.37. The van der Waals surface area contributed by atoms with Gasteiger partial charge in [-0.25, -0.2) is 19.7 Å². The van der Waals surface area contributed by atoms with Crippen molar-refractivity contribution >= 4 is 22.9 Å². The predicted octanol–water partition coefficient (Wildman–Crippen LogP) is 4.75. The largest absolute Gasteiger partial charge is 0.444 e. The summed E-state index contributed by atoms with van der Waals surface area (Å²) in [5, 5.41) is 6.85. The van der Waals surface area contributed by atoms with Crippen LogP contribution >= 0.6 is 0 Å². The SMILES string of the molecule is CC(C)(C)OC(=O)NCC1CCC(CNC(=O)c2cc(-c3cncnc3)nc3ccccc23)CC1. The van der Waals surface area contributed by atoms with Gasteiger partial charge in [-0.1, -0.05) is 18.2 Å². The second-order valence-electron chi connectivity index (χ2n) is 10.2. The molecular formula is C27H33N5O3. The molecule has 184 valence electrons. The second-order valence-corrected chi connectivity index (χ2v) is 10.2. The summed E-state index contributed by atoms with van der Waals surface area (Å²) in [5.41, 5.74) is 2.31. The first kappa shape index (κ1) is 24.6. The molecule has 0 bridgehead atoms. The van der Waals surface area contributed by atoms with Crippen LogP contribution in [0.15, 0.2) is 49.1 Å². The molecule has 1 fully saturated rings. The Morgan fingerprint density at radius 3 is 2.26 bits per heavy atom. The molecular weight excluding hydrogens is 442 g/mol. The summed E-state index contributed by atoms with van der Waals surface area (Å²) in [7, 11) is 0. The first-order valence-corrected chi connectivity index (χ1v) is 12.2. The van der Waals surface area contributed by atoms with Gasteiger partial charge < -0.3 is 15.4 Å². The standard InChI is InChI=1S/C27H33N5O3/c1-27(2,3)35-26(34)31-14-19-10-8-18(9-11-19)13-30-25(33)22-12-24(20-15-28-17-29-16-20)32-23-7-5-4-6-21(22)23/h4-7,12,15-19H,8-11,13-14H2,1-3H3,(H,30,33)(H,31,34). The Labute approximate surface area is 205 Å². The topological polar surface area (TPSA) is 106 Å². The van der Waals surface area contributed by atoms with Crippen LogP contribution in [0, 0.1) is 11.8 Å². The van der Waals surface area contributed by atoms with E-state index in [4.69, 9.17) is 9.72 Å². The van der Waals surface area contributed by atoms with E-state index in [0.29, 0.717) is 36.2 Å². The van der Waals surface area contributed by atoms with Crippen LogP contribution in [0.3, 0.4) is 0 Å². The first-order valence-electron chi connectivity index (χ1n) is 12.2. The van der Waals surface area contributed by atoms with Gasteiger partial charge in [-0.05, 0) is 70.4 Å². The minimum atomic E-state index is -0.490. The lowest BCUT2D eigenvalue weighted by molar-refractivity contribution is 0.0512. The van der Waals surface area contributed by atoms with Gasteiger partial charge >= 0.3 is 6.09 Å². The first-order chi connectivity index (χ1) is 16.8. The second kappa shape index (κ2) is 10.8. The van der Waals surface area contributed by atoms with Gasteiger partial charge in [0.15, 0.2) is 0 Å². The number of hydrogen-bond donors (Lipinski definition) is 2. The Morgan fingerprint density at radius 2 is 1.60 bits per heavy atom. The number of carbonyl (C=O) groups is 2. The number of amides is 2. The minimum absolute atomic E-state index is 0.101. The van der Waals surface area contributed by atoms with E-state index in [-0.39, 0.29) is 12.0 Å². The number of para-hydroxylation sites is 1. The summed E-state index contributed by atoms with van der Waals surface area (Å²) in [6.07, 6.45) is 8.58. The van der Waals surface area contributed by atoms with Crippen molar-refractivity contribution in [2.24, 2.45) is 11.8 Å².